The predicted octanol–water partition coefficient (Wildman–Crippen LogP) is -0.890. The molecule has 0 aliphatic heterocycles. The lowest BCUT2D eigenvalue weighted by molar-refractivity contribution is -0.330. The van der Waals surface area contributed by atoms with E-state index in [9.17, 15) is 9.90 Å². The van der Waals surface area contributed by atoms with Crippen molar-refractivity contribution < 1.29 is 24.1 Å². The molecule has 0 aromatic rings. The molecular formula is C7H13O5-. The van der Waals surface area contributed by atoms with Crippen molar-refractivity contribution in [1.29, 1.82) is 0 Å². The van der Waals surface area contributed by atoms with Crippen LogP contribution in [-0.2, 0) is 19.0 Å². The Labute approximate surface area is 71.2 Å². The summed E-state index contributed by atoms with van der Waals surface area (Å²) in [5.41, 5.74) is 0. The summed E-state index contributed by atoms with van der Waals surface area (Å²) in [7, 11) is 0. The molecule has 0 amide bonds. The van der Waals surface area contributed by atoms with Crippen LogP contribution in [-0.4, -0.2) is 32.3 Å². The highest BCUT2D eigenvalue weighted by Crippen LogP contribution is 1.96. The van der Waals surface area contributed by atoms with Crippen molar-refractivity contribution >= 4 is 5.97 Å². The summed E-state index contributed by atoms with van der Waals surface area (Å²) in [6.07, 6.45) is 0. The molecule has 72 valence electrons. The van der Waals surface area contributed by atoms with Crippen LogP contribution in [0.1, 0.15) is 13.8 Å². The lowest BCUT2D eigenvalue weighted by Crippen LogP contribution is -2.32. The number of hydrogen-bond acceptors (Lipinski definition) is 5. The molecule has 0 bridgehead atoms. The van der Waals surface area contributed by atoms with E-state index in [1.165, 1.54) is 0 Å². The van der Waals surface area contributed by atoms with Crippen molar-refractivity contribution in [2.75, 3.05) is 19.8 Å². The van der Waals surface area contributed by atoms with Crippen LogP contribution in [0.15, 0.2) is 0 Å². The predicted molar refractivity (Wildman–Crippen MR) is 38.0 cm³/mol. The molecule has 5 nitrogen and oxygen atoms in total. The molecule has 0 rings (SSSR count). The first-order chi connectivity index (χ1) is 5.70. The summed E-state index contributed by atoms with van der Waals surface area (Å²) in [5.74, 6) is -1.29. The largest absolute Gasteiger partial charge is 0.548 e. The van der Waals surface area contributed by atoms with E-state index < -0.39 is 19.1 Å². The van der Waals surface area contributed by atoms with E-state index in [0.717, 1.165) is 0 Å². The SMILES string of the molecule is CCOC(OCC)OCC(=O)[O-]. The summed E-state index contributed by atoms with van der Waals surface area (Å²) in [6, 6.07) is 0. The third-order valence-electron chi connectivity index (χ3n) is 0.943. The first-order valence-corrected chi connectivity index (χ1v) is 3.75. The Bertz CT molecular complexity index is 119. The Morgan fingerprint density at radius 3 is 2.08 bits per heavy atom. The molecule has 0 fully saturated rings. The van der Waals surface area contributed by atoms with Gasteiger partial charge < -0.3 is 24.1 Å². The van der Waals surface area contributed by atoms with Gasteiger partial charge in [-0.3, -0.25) is 0 Å². The van der Waals surface area contributed by atoms with Crippen molar-refractivity contribution in [3.8, 4) is 0 Å². The fourth-order valence-corrected chi connectivity index (χ4v) is 0.553. The molecule has 0 saturated heterocycles. The van der Waals surface area contributed by atoms with Crippen molar-refractivity contribution in [2.24, 2.45) is 0 Å². The maximum absolute atomic E-state index is 9.97. The van der Waals surface area contributed by atoms with Gasteiger partial charge in [0.05, 0.1) is 12.6 Å². The summed E-state index contributed by atoms with van der Waals surface area (Å²) in [5, 5.41) is 9.97. The average molecular weight is 177 g/mol. The van der Waals surface area contributed by atoms with Crippen LogP contribution in [0, 0.1) is 0 Å². The number of aliphatic carboxylic acids is 1. The number of carboxylic acid groups (broad SMARTS) is 1. The number of carbonyl (C=O) groups excluding carboxylic acids is 1. The summed E-state index contributed by atoms with van der Waals surface area (Å²) < 4.78 is 14.5. The lowest BCUT2D eigenvalue weighted by Gasteiger charge is -2.16. The normalized spacial score (nSPS) is 10.6. The zero-order valence-electron chi connectivity index (χ0n) is 7.24. The molecule has 0 spiro atoms. The van der Waals surface area contributed by atoms with Crippen LogP contribution in [0.5, 0.6) is 0 Å². The smallest absolute Gasteiger partial charge is 0.271 e. The molecule has 5 heteroatoms. The summed E-state index contributed by atoms with van der Waals surface area (Å²) in [4.78, 5) is 9.97. The van der Waals surface area contributed by atoms with Gasteiger partial charge in [-0.05, 0) is 13.8 Å². The molecule has 0 saturated carbocycles. The summed E-state index contributed by atoms with van der Waals surface area (Å²) in [6.45, 7) is 2.89. The zero-order valence-corrected chi connectivity index (χ0v) is 7.24. The van der Waals surface area contributed by atoms with Gasteiger partial charge in [0.15, 0.2) is 0 Å². The molecule has 0 N–H and O–H groups in total. The fourth-order valence-electron chi connectivity index (χ4n) is 0.553. The van der Waals surface area contributed by atoms with Gasteiger partial charge in [0.25, 0.3) is 6.48 Å². The second kappa shape index (κ2) is 7.02. The minimum atomic E-state index is -1.29. The number of carbonyl (C=O) groups is 1. The Hall–Kier alpha value is -0.650. The van der Waals surface area contributed by atoms with Crippen molar-refractivity contribution in [1.82, 2.24) is 0 Å². The number of hydrogen-bond donors (Lipinski definition) is 0. The fraction of sp³-hybridized carbons (Fsp3) is 0.857. The highest BCUT2D eigenvalue weighted by atomic mass is 16.8. The Balaban J connectivity index is 3.54. The maximum atomic E-state index is 9.97. The van der Waals surface area contributed by atoms with Crippen LogP contribution in [0.2, 0.25) is 0 Å². The van der Waals surface area contributed by atoms with E-state index in [1.807, 2.05) is 0 Å². The molecule has 0 heterocycles. The quantitative estimate of drug-likeness (QED) is 0.472. The molecule has 0 atom stereocenters. The van der Waals surface area contributed by atoms with Gasteiger partial charge in [0, 0.05) is 13.2 Å². The first-order valence-electron chi connectivity index (χ1n) is 3.75. The standard InChI is InChI=1S/C7H14O5/c1-3-10-7(11-4-2)12-5-6(8)9/h7H,3-5H2,1-2H3,(H,8,9)/p-1. The Morgan fingerprint density at radius 2 is 1.75 bits per heavy atom. The van der Waals surface area contributed by atoms with Crippen LogP contribution in [0.3, 0.4) is 0 Å². The first kappa shape index (κ1) is 11.4. The molecule has 0 aliphatic rings. The zero-order chi connectivity index (χ0) is 9.40. The second-order valence-electron chi connectivity index (χ2n) is 1.88. The minimum Gasteiger partial charge on any atom is -0.548 e. The van der Waals surface area contributed by atoms with Gasteiger partial charge in [0.2, 0.25) is 0 Å². The number of ether oxygens (including phenoxy) is 3. The van der Waals surface area contributed by atoms with Crippen LogP contribution in [0.25, 0.3) is 0 Å². The number of rotatable bonds is 7. The minimum absolute atomic E-state index is 0.401. The molecule has 0 aromatic heterocycles. The van der Waals surface area contributed by atoms with Crippen molar-refractivity contribution in [3.63, 3.8) is 0 Å². The van der Waals surface area contributed by atoms with E-state index in [0.29, 0.717) is 13.2 Å². The molecule has 0 radical (unpaired) electrons. The second-order valence-corrected chi connectivity index (χ2v) is 1.88. The van der Waals surface area contributed by atoms with Gasteiger partial charge in [-0.2, -0.15) is 0 Å². The lowest BCUT2D eigenvalue weighted by atomic mass is 10.7. The molecule has 12 heavy (non-hydrogen) atoms. The molecule has 0 aliphatic carbocycles. The van der Waals surface area contributed by atoms with Crippen LogP contribution >= 0.6 is 0 Å². The van der Waals surface area contributed by atoms with Gasteiger partial charge in [-0.1, -0.05) is 0 Å². The van der Waals surface area contributed by atoms with E-state index in [4.69, 9.17) is 9.47 Å². The highest BCUT2D eigenvalue weighted by molar-refractivity contribution is 5.65. The van der Waals surface area contributed by atoms with Gasteiger partial charge >= 0.3 is 0 Å². The molecular weight excluding hydrogens is 164 g/mol. The van der Waals surface area contributed by atoms with Gasteiger partial charge in [-0.15, -0.1) is 0 Å². The van der Waals surface area contributed by atoms with Crippen LogP contribution < -0.4 is 5.11 Å². The molecule has 0 aromatic carbocycles. The maximum Gasteiger partial charge on any atom is 0.271 e. The monoisotopic (exact) mass is 177 g/mol. The third kappa shape index (κ3) is 6.09. The van der Waals surface area contributed by atoms with E-state index in [2.05, 4.69) is 4.74 Å². The Morgan fingerprint density at radius 1 is 1.25 bits per heavy atom. The van der Waals surface area contributed by atoms with E-state index in [-0.39, 0.29) is 0 Å². The van der Waals surface area contributed by atoms with Crippen molar-refractivity contribution in [3.05, 3.63) is 0 Å². The Kier molecular flexibility index (Phi) is 6.64. The number of carboxylic acids is 1. The third-order valence-corrected chi connectivity index (χ3v) is 0.943. The topological polar surface area (TPSA) is 67.8 Å². The molecule has 0 unspecified atom stereocenters. The van der Waals surface area contributed by atoms with Gasteiger partial charge in [0.1, 0.15) is 0 Å². The van der Waals surface area contributed by atoms with Crippen molar-refractivity contribution in [2.45, 2.75) is 20.3 Å². The van der Waals surface area contributed by atoms with E-state index >= 15 is 0 Å². The van der Waals surface area contributed by atoms with E-state index in [1.54, 1.807) is 13.8 Å². The summed E-state index contributed by atoms with van der Waals surface area (Å²) >= 11 is 0. The highest BCUT2D eigenvalue weighted by Gasteiger charge is 2.06. The van der Waals surface area contributed by atoms with Crippen LogP contribution in [0.4, 0.5) is 0 Å². The average Bonchev–Trinajstić information content (AvgIpc) is 2.01. The van der Waals surface area contributed by atoms with Gasteiger partial charge in [-0.25, -0.2) is 0 Å².